The third-order valence-corrected chi connectivity index (χ3v) is 4.70. The fourth-order valence-electron chi connectivity index (χ4n) is 3.08. The number of hydrogen-bond acceptors (Lipinski definition) is 2. The van der Waals surface area contributed by atoms with Crippen molar-refractivity contribution in [3.05, 3.63) is 108 Å². The maximum atomic E-state index is 5.89. The van der Waals surface area contributed by atoms with Crippen LogP contribution in [0, 0.1) is 0 Å². The largest absolute Gasteiger partial charge is 0.375 e. The average molecular weight is 357 g/mol. The van der Waals surface area contributed by atoms with E-state index in [9.17, 15) is 0 Å². The van der Waals surface area contributed by atoms with Gasteiger partial charge in [0.25, 0.3) is 0 Å². The lowest BCUT2D eigenvalue weighted by atomic mass is 9.99. The second-order valence-corrected chi connectivity index (χ2v) is 6.51. The summed E-state index contributed by atoms with van der Waals surface area (Å²) in [7, 11) is 0. The van der Waals surface area contributed by atoms with E-state index in [-0.39, 0.29) is 0 Å². The Kier molecular flexibility index (Phi) is 6.84. The van der Waals surface area contributed by atoms with E-state index in [0.717, 1.165) is 29.8 Å². The van der Waals surface area contributed by atoms with E-state index in [4.69, 9.17) is 4.74 Å². The van der Waals surface area contributed by atoms with Gasteiger partial charge in [0.15, 0.2) is 0 Å². The van der Waals surface area contributed by atoms with Gasteiger partial charge in [-0.3, -0.25) is 0 Å². The number of rotatable bonds is 9. The molecular formula is C25H27NO. The average Bonchev–Trinajstić information content (AvgIpc) is 2.75. The molecule has 2 nitrogen and oxygen atoms in total. The maximum absolute atomic E-state index is 5.89. The van der Waals surface area contributed by atoms with Gasteiger partial charge in [0.1, 0.15) is 0 Å². The summed E-state index contributed by atoms with van der Waals surface area (Å²) in [5.74, 6) is 0. The summed E-state index contributed by atoms with van der Waals surface area (Å²) < 4.78 is 5.89. The Morgan fingerprint density at radius 1 is 0.815 bits per heavy atom. The van der Waals surface area contributed by atoms with Gasteiger partial charge in [0, 0.05) is 18.8 Å². The minimum Gasteiger partial charge on any atom is -0.375 e. The van der Waals surface area contributed by atoms with Crippen LogP contribution in [0.5, 0.6) is 0 Å². The molecule has 0 radical (unpaired) electrons. The predicted octanol–water partition coefficient (Wildman–Crippen LogP) is 5.79. The highest BCUT2D eigenvalue weighted by Gasteiger charge is 2.04. The van der Waals surface area contributed by atoms with E-state index in [1.807, 2.05) is 24.3 Å². The van der Waals surface area contributed by atoms with Gasteiger partial charge in [-0.15, -0.1) is 0 Å². The molecule has 0 amide bonds. The van der Waals surface area contributed by atoms with Crippen molar-refractivity contribution in [2.24, 2.45) is 0 Å². The molecule has 0 heterocycles. The van der Waals surface area contributed by atoms with Crippen LogP contribution in [0.15, 0.2) is 91.5 Å². The van der Waals surface area contributed by atoms with Gasteiger partial charge in [0.05, 0.1) is 13.2 Å². The summed E-state index contributed by atoms with van der Waals surface area (Å²) in [6.07, 6.45) is 0. The summed E-state index contributed by atoms with van der Waals surface area (Å²) in [6, 6.07) is 29.2. The molecule has 0 atom stereocenters. The Bertz CT molecular complexity index is 825. The first-order chi connectivity index (χ1) is 13.3. The van der Waals surface area contributed by atoms with Gasteiger partial charge >= 0.3 is 0 Å². The molecule has 0 bridgehead atoms. The first-order valence-electron chi connectivity index (χ1n) is 9.49. The third-order valence-electron chi connectivity index (χ3n) is 4.70. The number of ether oxygens (including phenoxy) is 1. The lowest BCUT2D eigenvalue weighted by Gasteiger charge is -2.22. The zero-order chi connectivity index (χ0) is 18.9. The van der Waals surface area contributed by atoms with E-state index in [0.29, 0.717) is 13.2 Å². The highest BCUT2D eigenvalue weighted by molar-refractivity contribution is 5.77. The van der Waals surface area contributed by atoms with Crippen molar-refractivity contribution in [1.82, 2.24) is 0 Å². The highest BCUT2D eigenvalue weighted by Crippen LogP contribution is 2.21. The Balaban J connectivity index is 1.48. The van der Waals surface area contributed by atoms with Crippen LogP contribution in [0.4, 0.5) is 5.69 Å². The van der Waals surface area contributed by atoms with Crippen molar-refractivity contribution in [2.45, 2.75) is 13.5 Å². The molecule has 0 aliphatic carbocycles. The molecule has 0 N–H and O–H groups in total. The molecule has 0 aliphatic rings. The van der Waals surface area contributed by atoms with E-state index in [2.05, 4.69) is 79.1 Å². The van der Waals surface area contributed by atoms with E-state index in [1.165, 1.54) is 11.3 Å². The fourth-order valence-corrected chi connectivity index (χ4v) is 3.08. The van der Waals surface area contributed by atoms with E-state index < -0.39 is 0 Å². The number of hydrogen-bond donors (Lipinski definition) is 0. The van der Waals surface area contributed by atoms with Crippen LogP contribution in [-0.4, -0.2) is 19.7 Å². The highest BCUT2D eigenvalue weighted by atomic mass is 16.5. The van der Waals surface area contributed by atoms with Gasteiger partial charge in [-0.25, -0.2) is 0 Å². The number of benzene rings is 3. The number of likely N-dealkylation sites (N-methyl/N-ethyl adjacent to an activating group) is 1. The molecule has 0 spiro atoms. The molecular weight excluding hydrogens is 330 g/mol. The van der Waals surface area contributed by atoms with E-state index in [1.54, 1.807) is 0 Å². The molecule has 0 saturated carbocycles. The van der Waals surface area contributed by atoms with Crippen LogP contribution in [0.3, 0.4) is 0 Å². The summed E-state index contributed by atoms with van der Waals surface area (Å²) in [6.45, 7) is 9.60. The number of nitrogens with zero attached hydrogens (tertiary/aromatic N) is 1. The van der Waals surface area contributed by atoms with Crippen LogP contribution in [0.2, 0.25) is 0 Å². The van der Waals surface area contributed by atoms with Crippen molar-refractivity contribution in [3.8, 4) is 0 Å². The standard InChI is InChI=1S/C25H27NO/c1-3-26(25-12-8-5-9-13-25)18-19-27-20-22-14-16-24(17-15-22)21(2)23-10-6-4-7-11-23/h4-17H,2-3,18-20H2,1H3. The molecule has 3 rings (SSSR count). The van der Waals surface area contributed by atoms with Crippen LogP contribution in [0.1, 0.15) is 23.6 Å². The van der Waals surface area contributed by atoms with E-state index >= 15 is 0 Å². The summed E-state index contributed by atoms with van der Waals surface area (Å²) in [4.78, 5) is 2.33. The lowest BCUT2D eigenvalue weighted by Crippen LogP contribution is -2.26. The van der Waals surface area contributed by atoms with Crippen LogP contribution < -0.4 is 4.90 Å². The van der Waals surface area contributed by atoms with Crippen molar-refractivity contribution >= 4 is 11.3 Å². The molecule has 138 valence electrons. The molecule has 27 heavy (non-hydrogen) atoms. The topological polar surface area (TPSA) is 12.5 Å². The van der Waals surface area contributed by atoms with Gasteiger partial charge < -0.3 is 9.64 Å². The van der Waals surface area contributed by atoms with Gasteiger partial charge in [-0.2, -0.15) is 0 Å². The quantitative estimate of drug-likeness (QED) is 0.449. The normalized spacial score (nSPS) is 10.6. The Morgan fingerprint density at radius 3 is 2.04 bits per heavy atom. The Morgan fingerprint density at radius 2 is 1.41 bits per heavy atom. The summed E-state index contributed by atoms with van der Waals surface area (Å²) in [5.41, 5.74) is 5.77. The van der Waals surface area contributed by atoms with Crippen LogP contribution >= 0.6 is 0 Å². The third kappa shape index (κ3) is 5.32. The Labute approximate surface area is 162 Å². The number of para-hydroxylation sites is 1. The van der Waals surface area contributed by atoms with Crippen molar-refractivity contribution in [1.29, 1.82) is 0 Å². The minimum atomic E-state index is 0.629. The minimum absolute atomic E-state index is 0.629. The molecule has 3 aromatic carbocycles. The molecule has 0 aliphatic heterocycles. The smallest absolute Gasteiger partial charge is 0.0717 e. The fraction of sp³-hybridized carbons (Fsp3) is 0.200. The lowest BCUT2D eigenvalue weighted by molar-refractivity contribution is 0.127. The Hall–Kier alpha value is -2.84. The van der Waals surface area contributed by atoms with Gasteiger partial charge in [0.2, 0.25) is 0 Å². The summed E-state index contributed by atoms with van der Waals surface area (Å²) in [5, 5.41) is 0. The molecule has 0 aromatic heterocycles. The molecule has 3 aromatic rings. The second kappa shape index (κ2) is 9.75. The van der Waals surface area contributed by atoms with Crippen molar-refractivity contribution in [2.75, 3.05) is 24.6 Å². The molecule has 2 heteroatoms. The zero-order valence-corrected chi connectivity index (χ0v) is 16.0. The summed E-state index contributed by atoms with van der Waals surface area (Å²) >= 11 is 0. The maximum Gasteiger partial charge on any atom is 0.0717 e. The zero-order valence-electron chi connectivity index (χ0n) is 16.0. The second-order valence-electron chi connectivity index (χ2n) is 6.51. The predicted molar refractivity (Wildman–Crippen MR) is 115 cm³/mol. The van der Waals surface area contributed by atoms with Gasteiger partial charge in [-0.05, 0) is 41.3 Å². The first kappa shape index (κ1) is 18.9. The van der Waals surface area contributed by atoms with Gasteiger partial charge in [-0.1, -0.05) is 79.4 Å². The van der Waals surface area contributed by atoms with Crippen molar-refractivity contribution in [3.63, 3.8) is 0 Å². The van der Waals surface area contributed by atoms with Crippen LogP contribution in [0.25, 0.3) is 5.57 Å². The van der Waals surface area contributed by atoms with Crippen molar-refractivity contribution < 1.29 is 4.74 Å². The number of anilines is 1. The molecule has 0 saturated heterocycles. The first-order valence-corrected chi connectivity index (χ1v) is 9.49. The van der Waals surface area contributed by atoms with Crippen LogP contribution in [-0.2, 0) is 11.3 Å². The molecule has 0 fully saturated rings. The SMILES string of the molecule is C=C(c1ccccc1)c1ccc(COCCN(CC)c2ccccc2)cc1. The monoisotopic (exact) mass is 357 g/mol. The molecule has 0 unspecified atom stereocenters.